The van der Waals surface area contributed by atoms with Crippen LogP contribution in [-0.2, 0) is 4.84 Å². The van der Waals surface area contributed by atoms with E-state index in [1.54, 1.807) is 30.3 Å². The molecule has 3 rings (SSSR count). The van der Waals surface area contributed by atoms with Crippen molar-refractivity contribution in [3.8, 4) is 0 Å². The molecular formula is C17H17N3O3. The molecule has 0 aliphatic carbocycles. The maximum absolute atomic E-state index is 11.0. The van der Waals surface area contributed by atoms with Crippen LogP contribution >= 0.6 is 0 Å². The number of rotatable bonds is 2. The Bertz CT molecular complexity index is 685. The predicted molar refractivity (Wildman–Crippen MR) is 87.0 cm³/mol. The van der Waals surface area contributed by atoms with Gasteiger partial charge < -0.3 is 10.6 Å². The van der Waals surface area contributed by atoms with Crippen LogP contribution in [0.4, 0.5) is 4.79 Å². The first-order valence-electron chi connectivity index (χ1n) is 7.07. The van der Waals surface area contributed by atoms with Crippen LogP contribution in [0.2, 0.25) is 0 Å². The molecule has 2 aromatic rings. The van der Waals surface area contributed by atoms with Crippen LogP contribution in [0.3, 0.4) is 0 Å². The third-order valence-corrected chi connectivity index (χ3v) is 2.98. The van der Waals surface area contributed by atoms with Crippen LogP contribution in [0.25, 0.3) is 0 Å². The van der Waals surface area contributed by atoms with Crippen molar-refractivity contribution in [3.05, 3.63) is 71.8 Å². The Morgan fingerprint density at radius 3 is 2.13 bits per heavy atom. The van der Waals surface area contributed by atoms with Crippen LogP contribution in [0, 0.1) is 0 Å². The minimum Gasteiger partial charge on any atom is -0.395 e. The Hall–Kier alpha value is -3.15. The standard InChI is InChI=1S/C9H9NO.C8H8N2O2/c1-2-4-8(5-3-1)9-6-7-11-10-9;9-8(12)10-7(11)6-4-2-1-3-5-6/h1-5H,6-7H2;1-5H,(H3,9,10,11,12). The van der Waals surface area contributed by atoms with Crippen LogP contribution in [-0.4, -0.2) is 24.3 Å². The minimum atomic E-state index is -0.844. The van der Waals surface area contributed by atoms with E-state index in [0.29, 0.717) is 5.56 Å². The second kappa shape index (κ2) is 8.33. The van der Waals surface area contributed by atoms with Crippen molar-refractivity contribution in [2.45, 2.75) is 6.42 Å². The number of oxime groups is 1. The zero-order valence-corrected chi connectivity index (χ0v) is 12.4. The number of hydrogen-bond donors (Lipinski definition) is 2. The number of imide groups is 1. The Morgan fingerprint density at radius 1 is 1.00 bits per heavy atom. The van der Waals surface area contributed by atoms with Crippen LogP contribution in [0.15, 0.2) is 65.8 Å². The summed E-state index contributed by atoms with van der Waals surface area (Å²) >= 11 is 0. The van der Waals surface area contributed by atoms with Crippen molar-refractivity contribution in [3.63, 3.8) is 0 Å². The fourth-order valence-electron chi connectivity index (χ4n) is 1.91. The summed E-state index contributed by atoms with van der Waals surface area (Å²) in [5.41, 5.74) is 7.41. The zero-order chi connectivity index (χ0) is 16.5. The van der Waals surface area contributed by atoms with Gasteiger partial charge in [-0.3, -0.25) is 10.1 Å². The summed E-state index contributed by atoms with van der Waals surface area (Å²) < 4.78 is 0. The maximum Gasteiger partial charge on any atom is 0.319 e. The summed E-state index contributed by atoms with van der Waals surface area (Å²) in [6.45, 7) is 0.726. The average molecular weight is 311 g/mol. The lowest BCUT2D eigenvalue weighted by molar-refractivity contribution is 0.0966. The highest BCUT2D eigenvalue weighted by atomic mass is 16.6. The fourth-order valence-corrected chi connectivity index (χ4v) is 1.91. The minimum absolute atomic E-state index is 0.413. The lowest BCUT2D eigenvalue weighted by Crippen LogP contribution is -2.34. The molecule has 1 heterocycles. The lowest BCUT2D eigenvalue weighted by Gasteiger charge is -1.98. The molecule has 0 aromatic heterocycles. The van der Waals surface area contributed by atoms with E-state index < -0.39 is 11.9 Å². The quantitative estimate of drug-likeness (QED) is 0.891. The van der Waals surface area contributed by atoms with Gasteiger partial charge in [0.05, 0.1) is 5.71 Å². The Kier molecular flexibility index (Phi) is 5.88. The van der Waals surface area contributed by atoms with Gasteiger partial charge in [0.15, 0.2) is 0 Å². The normalized spacial score (nSPS) is 12.3. The van der Waals surface area contributed by atoms with Gasteiger partial charge in [-0.15, -0.1) is 0 Å². The highest BCUT2D eigenvalue weighted by molar-refractivity contribution is 6.03. The van der Waals surface area contributed by atoms with Gasteiger partial charge in [-0.05, 0) is 17.7 Å². The van der Waals surface area contributed by atoms with E-state index in [-0.39, 0.29) is 0 Å². The molecule has 0 fully saturated rings. The number of benzene rings is 2. The number of carbonyl (C=O) groups is 2. The number of nitrogens with one attached hydrogen (secondary N) is 1. The first-order valence-corrected chi connectivity index (χ1v) is 7.07. The molecule has 3 amide bonds. The summed E-state index contributed by atoms with van der Waals surface area (Å²) in [6, 6.07) is 17.7. The van der Waals surface area contributed by atoms with Crippen molar-refractivity contribution in [2.24, 2.45) is 10.9 Å². The SMILES string of the molecule is NC(=O)NC(=O)c1ccccc1.c1ccc(C2=NOCC2)cc1. The van der Waals surface area contributed by atoms with Crippen LogP contribution < -0.4 is 11.1 Å². The summed E-state index contributed by atoms with van der Waals surface area (Å²) in [5, 5.41) is 5.88. The topological polar surface area (TPSA) is 93.8 Å². The van der Waals surface area contributed by atoms with E-state index in [1.165, 1.54) is 5.56 Å². The molecule has 6 heteroatoms. The number of hydrogen-bond acceptors (Lipinski definition) is 4. The number of urea groups is 1. The zero-order valence-electron chi connectivity index (χ0n) is 12.4. The van der Waals surface area contributed by atoms with Gasteiger partial charge in [0.2, 0.25) is 0 Å². The molecule has 0 saturated heterocycles. The van der Waals surface area contributed by atoms with E-state index in [2.05, 4.69) is 5.16 Å². The molecule has 0 radical (unpaired) electrons. The molecule has 118 valence electrons. The van der Waals surface area contributed by atoms with Crippen molar-refractivity contribution in [2.75, 3.05) is 6.61 Å². The molecule has 6 nitrogen and oxygen atoms in total. The van der Waals surface area contributed by atoms with Crippen molar-refractivity contribution < 1.29 is 14.4 Å². The number of primary amides is 1. The van der Waals surface area contributed by atoms with Crippen LogP contribution in [0.1, 0.15) is 22.3 Å². The van der Waals surface area contributed by atoms with Gasteiger partial charge in [0.25, 0.3) is 5.91 Å². The fraction of sp³-hybridized carbons (Fsp3) is 0.118. The molecule has 2 aromatic carbocycles. The Balaban J connectivity index is 0.000000167. The van der Waals surface area contributed by atoms with Crippen LogP contribution in [0.5, 0.6) is 0 Å². The lowest BCUT2D eigenvalue weighted by atomic mass is 10.1. The maximum atomic E-state index is 11.0. The summed E-state index contributed by atoms with van der Waals surface area (Å²) in [4.78, 5) is 26.2. The first-order chi connectivity index (χ1) is 11.2. The molecular weight excluding hydrogens is 294 g/mol. The van der Waals surface area contributed by atoms with Gasteiger partial charge in [-0.2, -0.15) is 0 Å². The van der Waals surface area contributed by atoms with E-state index in [4.69, 9.17) is 10.6 Å². The smallest absolute Gasteiger partial charge is 0.319 e. The molecule has 0 unspecified atom stereocenters. The highest BCUT2D eigenvalue weighted by Gasteiger charge is 2.08. The van der Waals surface area contributed by atoms with E-state index >= 15 is 0 Å². The van der Waals surface area contributed by atoms with Crippen molar-refractivity contribution >= 4 is 17.6 Å². The highest BCUT2D eigenvalue weighted by Crippen LogP contribution is 2.09. The van der Waals surface area contributed by atoms with Gasteiger partial charge in [0.1, 0.15) is 6.61 Å². The number of carbonyl (C=O) groups excluding carboxylic acids is 2. The van der Waals surface area contributed by atoms with Gasteiger partial charge in [-0.25, -0.2) is 4.79 Å². The van der Waals surface area contributed by atoms with E-state index in [1.807, 2.05) is 35.6 Å². The van der Waals surface area contributed by atoms with Gasteiger partial charge in [-0.1, -0.05) is 53.7 Å². The predicted octanol–water partition coefficient (Wildman–Crippen LogP) is 2.31. The first kappa shape index (κ1) is 16.2. The molecule has 23 heavy (non-hydrogen) atoms. The molecule has 0 atom stereocenters. The Labute approximate surface area is 133 Å². The van der Waals surface area contributed by atoms with Crippen molar-refractivity contribution in [1.29, 1.82) is 0 Å². The number of nitrogens with zero attached hydrogens (tertiary/aromatic N) is 1. The molecule has 3 N–H and O–H groups in total. The molecule has 0 saturated carbocycles. The van der Waals surface area contributed by atoms with Gasteiger partial charge in [0, 0.05) is 12.0 Å². The second-order valence-corrected chi connectivity index (χ2v) is 4.67. The number of nitrogens with two attached hydrogens (primary N) is 1. The third-order valence-electron chi connectivity index (χ3n) is 2.98. The average Bonchev–Trinajstić information content (AvgIpc) is 3.11. The van der Waals surface area contributed by atoms with Crippen molar-refractivity contribution in [1.82, 2.24) is 5.32 Å². The second-order valence-electron chi connectivity index (χ2n) is 4.67. The molecule has 0 bridgehead atoms. The third kappa shape index (κ3) is 5.28. The largest absolute Gasteiger partial charge is 0.395 e. The molecule has 1 aliphatic rings. The Morgan fingerprint density at radius 2 is 1.61 bits per heavy atom. The summed E-state index contributed by atoms with van der Waals surface area (Å²) in [6.07, 6.45) is 0.935. The summed E-state index contributed by atoms with van der Waals surface area (Å²) in [5.74, 6) is -0.483. The van der Waals surface area contributed by atoms with E-state index in [9.17, 15) is 9.59 Å². The molecule has 0 spiro atoms. The number of amides is 3. The monoisotopic (exact) mass is 311 g/mol. The molecule has 1 aliphatic heterocycles. The summed E-state index contributed by atoms with van der Waals surface area (Å²) in [7, 11) is 0. The van der Waals surface area contributed by atoms with Gasteiger partial charge >= 0.3 is 6.03 Å². The van der Waals surface area contributed by atoms with E-state index in [0.717, 1.165) is 18.7 Å².